The van der Waals surface area contributed by atoms with Crippen molar-refractivity contribution in [1.29, 1.82) is 0 Å². The zero-order chi connectivity index (χ0) is 23.0. The third-order valence-corrected chi connectivity index (χ3v) is 8.05. The van der Waals surface area contributed by atoms with Crippen molar-refractivity contribution in [3.63, 3.8) is 0 Å². The lowest BCUT2D eigenvalue weighted by atomic mass is 10.2. The number of thioether (sulfide) groups is 1. The van der Waals surface area contributed by atoms with E-state index in [9.17, 15) is 27.7 Å². The normalized spacial score (nSPS) is 17.5. The summed E-state index contributed by atoms with van der Waals surface area (Å²) in [6.07, 6.45) is 0.410. The molecule has 2 aromatic carbocycles. The summed E-state index contributed by atoms with van der Waals surface area (Å²) in [7, 11) is -1.53. The third kappa shape index (κ3) is 4.46. The van der Waals surface area contributed by atoms with Crippen LogP contribution in [-0.4, -0.2) is 64.0 Å². The molecule has 3 aromatic rings. The fraction of sp³-hybridized carbons (Fsp3) is 0.300. The van der Waals surface area contributed by atoms with Gasteiger partial charge in [-0.25, -0.2) is 17.8 Å². The van der Waals surface area contributed by atoms with Crippen LogP contribution >= 0.6 is 11.8 Å². The Kier molecular flexibility index (Phi) is 5.91. The van der Waals surface area contributed by atoms with E-state index in [0.717, 1.165) is 11.8 Å². The Morgan fingerprint density at radius 2 is 2.03 bits per heavy atom. The zero-order valence-corrected chi connectivity index (χ0v) is 18.6. The van der Waals surface area contributed by atoms with Crippen molar-refractivity contribution in [2.75, 3.05) is 24.3 Å². The number of amides is 1. The van der Waals surface area contributed by atoms with Gasteiger partial charge in [-0.2, -0.15) is 0 Å². The van der Waals surface area contributed by atoms with Crippen LogP contribution in [0.1, 0.15) is 6.42 Å². The summed E-state index contributed by atoms with van der Waals surface area (Å²) in [5.41, 5.74) is 1.42. The SMILES string of the molecule is CN(C(=O)CSc1nc2cc([N+](=O)[O-])ccc2n1-c1ccc(F)cc1)[C@H]1CCS(=O)(=O)C1. The highest BCUT2D eigenvalue weighted by Crippen LogP contribution is 2.30. The number of sulfone groups is 1. The first-order valence-corrected chi connectivity index (χ1v) is 12.5. The molecule has 1 aromatic heterocycles. The molecule has 1 aliphatic heterocycles. The van der Waals surface area contributed by atoms with Gasteiger partial charge in [0, 0.05) is 30.9 Å². The van der Waals surface area contributed by atoms with Crippen molar-refractivity contribution in [1.82, 2.24) is 14.5 Å². The molecule has 1 atom stereocenters. The van der Waals surface area contributed by atoms with Gasteiger partial charge in [0.2, 0.25) is 5.91 Å². The van der Waals surface area contributed by atoms with Crippen molar-refractivity contribution in [3.8, 4) is 5.69 Å². The molecule has 1 fully saturated rings. The first kappa shape index (κ1) is 22.2. The molecule has 1 amide bonds. The minimum absolute atomic E-state index is 0.000340. The molecule has 9 nitrogen and oxygen atoms in total. The Hall–Kier alpha value is -2.99. The van der Waals surface area contributed by atoms with E-state index in [-0.39, 0.29) is 34.9 Å². The average Bonchev–Trinajstić information content (AvgIpc) is 3.30. The van der Waals surface area contributed by atoms with Gasteiger partial charge >= 0.3 is 0 Å². The number of non-ortho nitro benzene ring substituents is 1. The van der Waals surface area contributed by atoms with Gasteiger partial charge in [-0.1, -0.05) is 11.8 Å². The van der Waals surface area contributed by atoms with Crippen LogP contribution < -0.4 is 0 Å². The van der Waals surface area contributed by atoms with E-state index >= 15 is 0 Å². The van der Waals surface area contributed by atoms with Gasteiger partial charge in [0.15, 0.2) is 15.0 Å². The summed E-state index contributed by atoms with van der Waals surface area (Å²) in [6.45, 7) is 0. The van der Waals surface area contributed by atoms with E-state index in [1.165, 1.54) is 29.2 Å². The highest BCUT2D eigenvalue weighted by molar-refractivity contribution is 7.99. The van der Waals surface area contributed by atoms with E-state index in [4.69, 9.17) is 0 Å². The predicted octanol–water partition coefficient (Wildman–Crippen LogP) is 2.81. The summed E-state index contributed by atoms with van der Waals surface area (Å²) < 4.78 is 38.6. The maximum Gasteiger partial charge on any atom is 0.271 e. The van der Waals surface area contributed by atoms with Crippen LogP contribution in [0.3, 0.4) is 0 Å². The zero-order valence-electron chi connectivity index (χ0n) is 17.0. The number of benzene rings is 2. The largest absolute Gasteiger partial charge is 0.341 e. The predicted molar refractivity (Wildman–Crippen MR) is 118 cm³/mol. The van der Waals surface area contributed by atoms with Crippen LogP contribution in [0.4, 0.5) is 10.1 Å². The smallest absolute Gasteiger partial charge is 0.271 e. The van der Waals surface area contributed by atoms with E-state index in [1.807, 2.05) is 0 Å². The van der Waals surface area contributed by atoms with E-state index in [1.54, 1.807) is 29.8 Å². The standard InChI is InChI=1S/C20H19FN4O5S2/c1-23(16-8-9-32(29,30)12-16)19(26)11-31-20-22-17-10-15(25(27)28)6-7-18(17)24(20)14-4-2-13(21)3-5-14/h2-7,10,16H,8-9,11-12H2,1H3/t16-/m0/s1. The number of carbonyl (C=O) groups is 1. The van der Waals surface area contributed by atoms with Gasteiger partial charge in [-0.05, 0) is 36.8 Å². The first-order valence-electron chi connectivity index (χ1n) is 9.66. The fourth-order valence-electron chi connectivity index (χ4n) is 3.61. The summed E-state index contributed by atoms with van der Waals surface area (Å²) in [5.74, 6) is -0.633. The van der Waals surface area contributed by atoms with Gasteiger partial charge < -0.3 is 4.90 Å². The number of nitro groups is 1. The molecule has 12 heteroatoms. The molecule has 2 heterocycles. The summed E-state index contributed by atoms with van der Waals surface area (Å²) in [5, 5.41) is 11.5. The van der Waals surface area contributed by atoms with Crippen molar-refractivity contribution in [2.45, 2.75) is 17.6 Å². The lowest BCUT2D eigenvalue weighted by Crippen LogP contribution is -2.38. The molecule has 0 radical (unpaired) electrons. The molecule has 0 aliphatic carbocycles. The lowest BCUT2D eigenvalue weighted by Gasteiger charge is -2.23. The number of halogens is 1. The Morgan fingerprint density at radius 3 is 2.66 bits per heavy atom. The second kappa shape index (κ2) is 8.51. The Labute approximate surface area is 187 Å². The summed E-state index contributed by atoms with van der Waals surface area (Å²) in [4.78, 5) is 29.2. The van der Waals surface area contributed by atoms with Crippen LogP contribution in [0.15, 0.2) is 47.6 Å². The molecular formula is C20H19FN4O5S2. The molecule has 32 heavy (non-hydrogen) atoms. The fourth-order valence-corrected chi connectivity index (χ4v) is 6.34. The Balaban J connectivity index is 1.63. The Morgan fingerprint density at radius 1 is 1.31 bits per heavy atom. The molecular weight excluding hydrogens is 459 g/mol. The van der Waals surface area contributed by atoms with Crippen molar-refractivity contribution in [3.05, 3.63) is 58.4 Å². The minimum atomic E-state index is -3.12. The first-order chi connectivity index (χ1) is 15.1. The highest BCUT2D eigenvalue weighted by Gasteiger charge is 2.32. The van der Waals surface area contributed by atoms with Gasteiger partial charge in [-0.3, -0.25) is 19.5 Å². The molecule has 0 spiro atoms. The molecule has 0 N–H and O–H groups in total. The number of fused-ring (bicyclic) bond motifs is 1. The second-order valence-corrected chi connectivity index (χ2v) is 10.7. The summed E-state index contributed by atoms with van der Waals surface area (Å²) >= 11 is 1.13. The number of aromatic nitrogens is 2. The molecule has 0 saturated carbocycles. The molecule has 1 aliphatic rings. The van der Waals surface area contributed by atoms with Crippen LogP contribution in [0.25, 0.3) is 16.7 Å². The number of hydrogen-bond donors (Lipinski definition) is 0. The van der Waals surface area contributed by atoms with Crippen molar-refractivity contribution >= 4 is 44.2 Å². The minimum Gasteiger partial charge on any atom is -0.341 e. The van der Waals surface area contributed by atoms with Crippen LogP contribution in [0.2, 0.25) is 0 Å². The maximum absolute atomic E-state index is 13.4. The number of nitrogens with zero attached hydrogens (tertiary/aromatic N) is 4. The van der Waals surface area contributed by atoms with E-state index < -0.39 is 20.6 Å². The number of rotatable bonds is 6. The molecule has 0 unspecified atom stereocenters. The number of imidazole rings is 1. The van der Waals surface area contributed by atoms with E-state index in [2.05, 4.69) is 4.98 Å². The van der Waals surface area contributed by atoms with Gasteiger partial charge in [0.1, 0.15) is 5.82 Å². The van der Waals surface area contributed by atoms with E-state index in [0.29, 0.717) is 28.3 Å². The lowest BCUT2D eigenvalue weighted by molar-refractivity contribution is -0.384. The number of carbonyl (C=O) groups excluding carboxylic acids is 1. The van der Waals surface area contributed by atoms with Crippen molar-refractivity contribution in [2.24, 2.45) is 0 Å². The van der Waals surface area contributed by atoms with Gasteiger partial charge in [-0.15, -0.1) is 0 Å². The highest BCUT2D eigenvalue weighted by atomic mass is 32.2. The topological polar surface area (TPSA) is 115 Å². The molecule has 4 rings (SSSR count). The quantitative estimate of drug-likeness (QED) is 0.304. The van der Waals surface area contributed by atoms with Crippen LogP contribution in [-0.2, 0) is 14.6 Å². The van der Waals surface area contributed by atoms with Crippen molar-refractivity contribution < 1.29 is 22.5 Å². The van der Waals surface area contributed by atoms with Crippen LogP contribution in [0, 0.1) is 15.9 Å². The number of nitro benzene ring substituents is 1. The monoisotopic (exact) mass is 478 g/mol. The van der Waals surface area contributed by atoms with Crippen LogP contribution in [0.5, 0.6) is 0 Å². The molecule has 0 bridgehead atoms. The van der Waals surface area contributed by atoms with Gasteiger partial charge in [0.05, 0.1) is 33.2 Å². The summed E-state index contributed by atoms with van der Waals surface area (Å²) in [6, 6.07) is 9.60. The third-order valence-electron chi connectivity index (χ3n) is 5.38. The van der Waals surface area contributed by atoms with Gasteiger partial charge in [0.25, 0.3) is 5.69 Å². The number of hydrogen-bond acceptors (Lipinski definition) is 7. The second-order valence-electron chi connectivity index (χ2n) is 7.49. The maximum atomic E-state index is 13.4. The molecule has 1 saturated heterocycles. The average molecular weight is 479 g/mol. The molecule has 168 valence electrons. The Bertz CT molecular complexity index is 1310.